The average Bonchev–Trinajstić information content (AvgIpc) is 3.11. The summed E-state index contributed by atoms with van der Waals surface area (Å²) in [6.07, 6.45) is 1.73. The minimum absolute atomic E-state index is 0.0291. The Balaban J connectivity index is 2.46. The molecule has 0 saturated heterocycles. The Hall–Kier alpha value is -0.980. The molecule has 0 amide bonds. The van der Waals surface area contributed by atoms with Gasteiger partial charge in [-0.15, -0.1) is 0 Å². The molecule has 7 heteroatoms. The third kappa shape index (κ3) is 2.71. The van der Waals surface area contributed by atoms with Crippen LogP contribution in [0.25, 0.3) is 0 Å². The standard InChI is InChI=1S/C11H14ClNO4S/c1-16-9-6-11(10(17-2)5-8(9)12)18(14,15)13-7-3-4-7/h5-7,13H,3-4H2,1-2H3. The van der Waals surface area contributed by atoms with Crippen molar-refractivity contribution >= 4 is 21.6 Å². The number of methoxy groups -OCH3 is 2. The van der Waals surface area contributed by atoms with Crippen LogP contribution < -0.4 is 14.2 Å². The Kier molecular flexibility index (Phi) is 3.70. The summed E-state index contributed by atoms with van der Waals surface area (Å²) < 4.78 is 37.0. The number of halogens is 1. The highest BCUT2D eigenvalue weighted by atomic mass is 35.5. The van der Waals surface area contributed by atoms with E-state index in [9.17, 15) is 8.42 Å². The van der Waals surface area contributed by atoms with Crippen LogP contribution in [0.4, 0.5) is 0 Å². The molecule has 0 radical (unpaired) electrons. The van der Waals surface area contributed by atoms with E-state index in [1.165, 1.54) is 26.4 Å². The molecule has 1 fully saturated rings. The molecule has 1 aliphatic rings. The second kappa shape index (κ2) is 4.95. The summed E-state index contributed by atoms with van der Waals surface area (Å²) >= 11 is 5.93. The molecule has 0 aromatic heterocycles. The number of rotatable bonds is 5. The Morgan fingerprint density at radius 2 is 1.83 bits per heavy atom. The molecule has 5 nitrogen and oxygen atoms in total. The van der Waals surface area contributed by atoms with Crippen LogP contribution in [0.15, 0.2) is 17.0 Å². The molecule has 0 unspecified atom stereocenters. The van der Waals surface area contributed by atoms with Gasteiger partial charge in [0, 0.05) is 18.2 Å². The maximum Gasteiger partial charge on any atom is 0.244 e. The minimum atomic E-state index is -3.60. The van der Waals surface area contributed by atoms with Gasteiger partial charge >= 0.3 is 0 Å². The van der Waals surface area contributed by atoms with Gasteiger partial charge in [-0.3, -0.25) is 0 Å². The number of sulfonamides is 1. The van der Waals surface area contributed by atoms with Crippen molar-refractivity contribution < 1.29 is 17.9 Å². The molecule has 1 saturated carbocycles. The first-order valence-electron chi connectivity index (χ1n) is 5.42. The summed E-state index contributed by atoms with van der Waals surface area (Å²) in [7, 11) is -0.777. The van der Waals surface area contributed by atoms with E-state index in [2.05, 4.69) is 4.72 Å². The van der Waals surface area contributed by atoms with Gasteiger partial charge in [0.15, 0.2) is 0 Å². The zero-order chi connectivity index (χ0) is 13.3. The van der Waals surface area contributed by atoms with Crippen LogP contribution in [-0.2, 0) is 10.0 Å². The summed E-state index contributed by atoms with van der Waals surface area (Å²) in [6, 6.07) is 2.83. The fraction of sp³-hybridized carbons (Fsp3) is 0.455. The Morgan fingerprint density at radius 1 is 1.22 bits per heavy atom. The van der Waals surface area contributed by atoms with Crippen LogP contribution in [0.2, 0.25) is 5.02 Å². The molecule has 18 heavy (non-hydrogen) atoms. The fourth-order valence-corrected chi connectivity index (χ4v) is 3.23. The third-order valence-electron chi connectivity index (χ3n) is 2.63. The monoisotopic (exact) mass is 291 g/mol. The third-order valence-corrected chi connectivity index (χ3v) is 4.46. The van der Waals surface area contributed by atoms with Crippen LogP contribution in [-0.4, -0.2) is 28.7 Å². The van der Waals surface area contributed by atoms with Crippen LogP contribution >= 0.6 is 11.6 Å². The predicted molar refractivity (Wildman–Crippen MR) is 67.9 cm³/mol. The van der Waals surface area contributed by atoms with Gasteiger partial charge in [0.1, 0.15) is 16.4 Å². The van der Waals surface area contributed by atoms with E-state index in [4.69, 9.17) is 21.1 Å². The quantitative estimate of drug-likeness (QED) is 0.898. The Morgan fingerprint density at radius 3 is 2.33 bits per heavy atom. The molecular weight excluding hydrogens is 278 g/mol. The van der Waals surface area contributed by atoms with Crippen molar-refractivity contribution in [3.05, 3.63) is 17.2 Å². The first-order chi connectivity index (χ1) is 8.47. The summed E-state index contributed by atoms with van der Waals surface area (Å²) in [5.41, 5.74) is 0. The van der Waals surface area contributed by atoms with Gasteiger partial charge in [-0.1, -0.05) is 11.6 Å². The normalized spacial score (nSPS) is 15.5. The van der Waals surface area contributed by atoms with Crippen molar-refractivity contribution in [2.45, 2.75) is 23.8 Å². The van der Waals surface area contributed by atoms with Gasteiger partial charge in [-0.05, 0) is 12.8 Å². The van der Waals surface area contributed by atoms with Crippen LogP contribution in [0, 0.1) is 0 Å². The van der Waals surface area contributed by atoms with Gasteiger partial charge in [0.2, 0.25) is 10.0 Å². The number of benzene rings is 1. The van der Waals surface area contributed by atoms with E-state index in [0.717, 1.165) is 12.8 Å². The zero-order valence-electron chi connectivity index (χ0n) is 10.1. The molecule has 0 bridgehead atoms. The Labute approximate surface area is 111 Å². The van der Waals surface area contributed by atoms with Crippen molar-refractivity contribution in [3.63, 3.8) is 0 Å². The lowest BCUT2D eigenvalue weighted by molar-refractivity contribution is 0.392. The van der Waals surface area contributed by atoms with Crippen molar-refractivity contribution in [2.75, 3.05) is 14.2 Å². The largest absolute Gasteiger partial charge is 0.495 e. The smallest absolute Gasteiger partial charge is 0.244 e. The van der Waals surface area contributed by atoms with E-state index in [0.29, 0.717) is 10.8 Å². The van der Waals surface area contributed by atoms with Crippen molar-refractivity contribution in [2.24, 2.45) is 0 Å². The highest BCUT2D eigenvalue weighted by Gasteiger charge is 2.30. The van der Waals surface area contributed by atoms with Crippen molar-refractivity contribution in [3.8, 4) is 11.5 Å². The maximum absolute atomic E-state index is 12.2. The molecule has 100 valence electrons. The first-order valence-corrected chi connectivity index (χ1v) is 7.28. The number of nitrogens with one attached hydrogen (secondary N) is 1. The topological polar surface area (TPSA) is 64.6 Å². The van der Waals surface area contributed by atoms with Crippen LogP contribution in [0.1, 0.15) is 12.8 Å². The van der Waals surface area contributed by atoms with Gasteiger partial charge in [-0.25, -0.2) is 13.1 Å². The van der Waals surface area contributed by atoms with E-state index in [-0.39, 0.29) is 16.7 Å². The Bertz CT molecular complexity index is 554. The second-order valence-electron chi connectivity index (χ2n) is 4.03. The molecule has 0 spiro atoms. The first kappa shape index (κ1) is 13.5. The van der Waals surface area contributed by atoms with Gasteiger partial charge in [0.25, 0.3) is 0 Å². The van der Waals surface area contributed by atoms with Crippen molar-refractivity contribution in [1.82, 2.24) is 4.72 Å². The average molecular weight is 292 g/mol. The molecule has 1 aromatic rings. The van der Waals surface area contributed by atoms with E-state index in [1.807, 2.05) is 0 Å². The highest BCUT2D eigenvalue weighted by Crippen LogP contribution is 2.35. The molecule has 2 rings (SSSR count). The predicted octanol–water partition coefficient (Wildman–Crippen LogP) is 1.80. The van der Waals surface area contributed by atoms with Gasteiger partial charge in [-0.2, -0.15) is 0 Å². The SMILES string of the molecule is COc1cc(S(=O)(=O)NC2CC2)c(OC)cc1Cl. The molecule has 1 N–H and O–H groups in total. The number of hydrogen-bond donors (Lipinski definition) is 1. The van der Waals surface area contributed by atoms with E-state index < -0.39 is 10.0 Å². The second-order valence-corrected chi connectivity index (χ2v) is 6.12. The number of ether oxygens (including phenoxy) is 2. The van der Waals surface area contributed by atoms with Crippen LogP contribution in [0.3, 0.4) is 0 Å². The van der Waals surface area contributed by atoms with E-state index >= 15 is 0 Å². The summed E-state index contributed by atoms with van der Waals surface area (Å²) in [4.78, 5) is 0.0400. The fourth-order valence-electron chi connectivity index (χ4n) is 1.53. The summed E-state index contributed by atoms with van der Waals surface area (Å²) in [5.74, 6) is 0.502. The summed E-state index contributed by atoms with van der Waals surface area (Å²) in [6.45, 7) is 0. The molecule has 0 aliphatic heterocycles. The lowest BCUT2D eigenvalue weighted by Crippen LogP contribution is -2.26. The lowest BCUT2D eigenvalue weighted by atomic mass is 10.3. The molecule has 1 aromatic carbocycles. The molecule has 0 atom stereocenters. The molecule has 0 heterocycles. The zero-order valence-corrected chi connectivity index (χ0v) is 11.6. The summed E-state index contributed by atoms with van der Waals surface area (Å²) in [5, 5.41) is 0.305. The van der Waals surface area contributed by atoms with Gasteiger partial charge < -0.3 is 9.47 Å². The number of hydrogen-bond acceptors (Lipinski definition) is 4. The minimum Gasteiger partial charge on any atom is -0.495 e. The highest BCUT2D eigenvalue weighted by molar-refractivity contribution is 7.89. The van der Waals surface area contributed by atoms with Gasteiger partial charge in [0.05, 0.1) is 19.2 Å². The molecule has 1 aliphatic carbocycles. The molecular formula is C11H14ClNO4S. The lowest BCUT2D eigenvalue weighted by Gasteiger charge is -2.13. The maximum atomic E-state index is 12.2. The van der Waals surface area contributed by atoms with Crippen molar-refractivity contribution in [1.29, 1.82) is 0 Å². The van der Waals surface area contributed by atoms with Crippen LogP contribution in [0.5, 0.6) is 11.5 Å². The van der Waals surface area contributed by atoms with E-state index in [1.54, 1.807) is 0 Å².